The van der Waals surface area contributed by atoms with E-state index in [1.54, 1.807) is 39.8 Å². The van der Waals surface area contributed by atoms with Crippen molar-refractivity contribution in [2.45, 2.75) is 53.2 Å². The maximum Gasteiger partial charge on any atom is 0.328 e. The third kappa shape index (κ3) is 4.42. The summed E-state index contributed by atoms with van der Waals surface area (Å²) >= 11 is 0. The molecule has 2 heterocycles. The second-order valence-corrected chi connectivity index (χ2v) is 7.80. The van der Waals surface area contributed by atoms with E-state index in [1.165, 1.54) is 11.6 Å². The number of aryl methyl sites for hydroxylation is 1. The second-order valence-electron chi connectivity index (χ2n) is 7.80. The van der Waals surface area contributed by atoms with Gasteiger partial charge in [-0.25, -0.2) is 0 Å². The van der Waals surface area contributed by atoms with Gasteiger partial charge in [0.1, 0.15) is 17.8 Å². The van der Waals surface area contributed by atoms with E-state index in [-0.39, 0.29) is 18.0 Å². The summed E-state index contributed by atoms with van der Waals surface area (Å²) in [4.78, 5) is 24.6. The Morgan fingerprint density at radius 1 is 1.28 bits per heavy atom. The lowest BCUT2D eigenvalue weighted by Crippen LogP contribution is -2.27. The highest BCUT2D eigenvalue weighted by Crippen LogP contribution is 2.30. The topological polar surface area (TPSA) is 100 Å². The van der Waals surface area contributed by atoms with Crippen molar-refractivity contribution in [1.82, 2.24) is 20.0 Å². The minimum atomic E-state index is -0.615. The van der Waals surface area contributed by atoms with Gasteiger partial charge in [0, 0.05) is 24.8 Å². The highest BCUT2D eigenvalue weighted by molar-refractivity contribution is 6.06. The van der Waals surface area contributed by atoms with Crippen LogP contribution in [0, 0.1) is 6.92 Å². The first-order valence-electron chi connectivity index (χ1n) is 9.26. The predicted octanol–water partition coefficient (Wildman–Crippen LogP) is 3.67. The first kappa shape index (κ1) is 20.4. The van der Waals surface area contributed by atoms with Gasteiger partial charge >= 0.3 is 5.97 Å². The molecular formula is C21H24N4O4. The average Bonchev–Trinajstić information content (AvgIpc) is 3.17. The summed E-state index contributed by atoms with van der Waals surface area (Å²) < 4.78 is 12.5. The number of esters is 1. The Kier molecular flexibility index (Phi) is 5.37. The minimum Gasteiger partial charge on any atom is -0.459 e. The van der Waals surface area contributed by atoms with Gasteiger partial charge in [0.25, 0.3) is 0 Å². The van der Waals surface area contributed by atoms with Gasteiger partial charge in [-0.2, -0.15) is 5.10 Å². The standard InChI is InChI=1S/C21H24N4O4/c1-7-8-14-9-15(20-23-22-13(3)28-20)10-16-18(12(2)26)24-25(19(14)16)11-17(27)29-21(4,5)6/h7,9-10H,1,8,11H2,2-6H3. The molecule has 0 saturated carbocycles. The zero-order valence-corrected chi connectivity index (χ0v) is 17.3. The molecule has 0 amide bonds. The van der Waals surface area contributed by atoms with E-state index in [2.05, 4.69) is 21.9 Å². The largest absolute Gasteiger partial charge is 0.459 e. The summed E-state index contributed by atoms with van der Waals surface area (Å²) in [6, 6.07) is 3.67. The molecule has 152 valence electrons. The Labute approximate surface area is 168 Å². The van der Waals surface area contributed by atoms with Gasteiger partial charge in [0.2, 0.25) is 11.8 Å². The predicted molar refractivity (Wildman–Crippen MR) is 108 cm³/mol. The van der Waals surface area contributed by atoms with Gasteiger partial charge in [-0.3, -0.25) is 14.3 Å². The van der Waals surface area contributed by atoms with Crippen LogP contribution in [0.15, 0.2) is 29.2 Å². The molecule has 0 aliphatic heterocycles. The molecular weight excluding hydrogens is 372 g/mol. The number of allylic oxidation sites excluding steroid dienone is 1. The van der Waals surface area contributed by atoms with Crippen LogP contribution in [0.2, 0.25) is 0 Å². The Bertz CT molecular complexity index is 1100. The molecule has 0 atom stereocenters. The monoisotopic (exact) mass is 396 g/mol. The van der Waals surface area contributed by atoms with Crippen molar-refractivity contribution in [3.05, 3.63) is 41.9 Å². The number of ether oxygens (including phenoxy) is 1. The average molecular weight is 396 g/mol. The van der Waals surface area contributed by atoms with Gasteiger partial charge in [0.15, 0.2) is 5.78 Å². The molecule has 8 heteroatoms. The fourth-order valence-electron chi connectivity index (χ4n) is 3.12. The molecule has 0 aliphatic carbocycles. The lowest BCUT2D eigenvalue weighted by atomic mass is 10.0. The van der Waals surface area contributed by atoms with Gasteiger partial charge in [0.05, 0.1) is 5.52 Å². The zero-order valence-electron chi connectivity index (χ0n) is 17.3. The molecule has 8 nitrogen and oxygen atoms in total. The number of benzene rings is 1. The number of aromatic nitrogens is 4. The zero-order chi connectivity index (χ0) is 21.3. The van der Waals surface area contributed by atoms with Crippen molar-refractivity contribution in [2.75, 3.05) is 0 Å². The van der Waals surface area contributed by atoms with Gasteiger partial charge in [-0.1, -0.05) is 6.08 Å². The van der Waals surface area contributed by atoms with Crippen LogP contribution in [0.5, 0.6) is 0 Å². The molecule has 0 aliphatic rings. The van der Waals surface area contributed by atoms with Gasteiger partial charge in [-0.05, 0) is 44.9 Å². The number of hydrogen-bond donors (Lipinski definition) is 0. The number of carbonyl (C=O) groups excluding carboxylic acids is 2. The second kappa shape index (κ2) is 7.62. The number of fused-ring (bicyclic) bond motifs is 1. The number of rotatable bonds is 6. The molecule has 0 saturated heterocycles. The molecule has 0 spiro atoms. The third-order valence-corrected chi connectivity index (χ3v) is 4.09. The van der Waals surface area contributed by atoms with Crippen molar-refractivity contribution < 1.29 is 18.7 Å². The summed E-state index contributed by atoms with van der Waals surface area (Å²) in [7, 11) is 0. The molecule has 0 unspecified atom stereocenters. The molecule has 2 aromatic heterocycles. The van der Waals surface area contributed by atoms with E-state index in [4.69, 9.17) is 9.15 Å². The summed E-state index contributed by atoms with van der Waals surface area (Å²) in [5.41, 5.74) is 1.85. The van der Waals surface area contributed by atoms with Gasteiger partial charge in [-0.15, -0.1) is 16.8 Å². The Morgan fingerprint density at radius 3 is 2.55 bits per heavy atom. The molecule has 0 bridgehead atoms. The van der Waals surface area contributed by atoms with Crippen LogP contribution in [-0.2, 0) is 22.5 Å². The van der Waals surface area contributed by atoms with E-state index in [9.17, 15) is 9.59 Å². The van der Waals surface area contributed by atoms with Crippen LogP contribution in [0.25, 0.3) is 22.4 Å². The lowest BCUT2D eigenvalue weighted by Gasteiger charge is -2.19. The summed E-state index contributed by atoms with van der Waals surface area (Å²) in [6.07, 6.45) is 2.25. The maximum absolute atomic E-state index is 12.4. The van der Waals surface area contributed by atoms with E-state index < -0.39 is 11.6 Å². The van der Waals surface area contributed by atoms with Crippen molar-refractivity contribution in [2.24, 2.45) is 0 Å². The number of Topliss-reactive ketones (excluding diaryl/α,β-unsaturated/α-hetero) is 1. The number of nitrogens with zero attached hydrogens (tertiary/aromatic N) is 4. The van der Waals surface area contributed by atoms with Crippen LogP contribution in [0.3, 0.4) is 0 Å². The Hall–Kier alpha value is -3.29. The normalized spacial score (nSPS) is 11.6. The van der Waals surface area contributed by atoms with E-state index in [0.717, 1.165) is 5.56 Å². The van der Waals surface area contributed by atoms with Crippen molar-refractivity contribution in [1.29, 1.82) is 0 Å². The summed E-state index contributed by atoms with van der Waals surface area (Å²) in [5.74, 6) is 0.154. The van der Waals surface area contributed by atoms with Crippen LogP contribution in [0.4, 0.5) is 0 Å². The SMILES string of the molecule is C=CCc1cc(-c2nnc(C)o2)cc2c(C(C)=O)nn(CC(=O)OC(C)(C)C)c12. The van der Waals surface area contributed by atoms with Crippen molar-refractivity contribution in [3.8, 4) is 11.5 Å². The van der Waals surface area contributed by atoms with E-state index in [1.807, 2.05) is 6.07 Å². The van der Waals surface area contributed by atoms with Crippen LogP contribution in [-0.4, -0.2) is 37.3 Å². The molecule has 3 aromatic rings. The fraction of sp³-hybridized carbons (Fsp3) is 0.381. The van der Waals surface area contributed by atoms with Crippen molar-refractivity contribution >= 4 is 22.7 Å². The smallest absolute Gasteiger partial charge is 0.328 e. The van der Waals surface area contributed by atoms with Crippen LogP contribution >= 0.6 is 0 Å². The summed E-state index contributed by atoms with van der Waals surface area (Å²) in [6.45, 7) is 12.3. The quantitative estimate of drug-likeness (QED) is 0.356. The number of hydrogen-bond acceptors (Lipinski definition) is 7. The number of carbonyl (C=O) groups is 2. The van der Waals surface area contributed by atoms with Gasteiger partial charge < -0.3 is 9.15 Å². The first-order chi connectivity index (χ1) is 13.6. The number of ketones is 1. The van der Waals surface area contributed by atoms with Crippen LogP contribution < -0.4 is 0 Å². The van der Waals surface area contributed by atoms with Crippen molar-refractivity contribution in [3.63, 3.8) is 0 Å². The van der Waals surface area contributed by atoms with Crippen LogP contribution in [0.1, 0.15) is 49.6 Å². The lowest BCUT2D eigenvalue weighted by molar-refractivity contribution is -0.155. The Morgan fingerprint density at radius 2 is 2.00 bits per heavy atom. The molecule has 29 heavy (non-hydrogen) atoms. The highest BCUT2D eigenvalue weighted by atomic mass is 16.6. The molecule has 0 N–H and O–H groups in total. The fourth-order valence-corrected chi connectivity index (χ4v) is 3.12. The molecule has 1 aromatic carbocycles. The molecule has 0 fully saturated rings. The molecule has 0 radical (unpaired) electrons. The first-order valence-corrected chi connectivity index (χ1v) is 9.26. The maximum atomic E-state index is 12.4. The van der Waals surface area contributed by atoms with E-state index in [0.29, 0.717) is 34.7 Å². The highest BCUT2D eigenvalue weighted by Gasteiger charge is 2.23. The third-order valence-electron chi connectivity index (χ3n) is 4.09. The van der Waals surface area contributed by atoms with E-state index >= 15 is 0 Å². The minimum absolute atomic E-state index is 0.107. The molecule has 3 rings (SSSR count). The summed E-state index contributed by atoms with van der Waals surface area (Å²) in [5, 5.41) is 13.0. The Balaban J connectivity index is 2.19.